The molecule has 1 amide bonds. The summed E-state index contributed by atoms with van der Waals surface area (Å²) >= 11 is 0. The van der Waals surface area contributed by atoms with Crippen molar-refractivity contribution < 1.29 is 13.9 Å². The molecule has 1 saturated carbocycles. The second-order valence-electron chi connectivity index (χ2n) is 5.57. The summed E-state index contributed by atoms with van der Waals surface area (Å²) in [7, 11) is 0. The van der Waals surface area contributed by atoms with Crippen LogP contribution >= 0.6 is 12.4 Å². The first kappa shape index (κ1) is 16.2. The fourth-order valence-electron chi connectivity index (χ4n) is 2.64. The fourth-order valence-corrected chi connectivity index (χ4v) is 2.64. The third-order valence-corrected chi connectivity index (χ3v) is 4.11. The molecule has 1 saturated heterocycles. The summed E-state index contributed by atoms with van der Waals surface area (Å²) in [6.07, 6.45) is 1.56. The van der Waals surface area contributed by atoms with E-state index < -0.39 is 6.10 Å². The number of carbonyl (C=O) groups excluding carboxylic acids is 1. The van der Waals surface area contributed by atoms with Gasteiger partial charge in [-0.25, -0.2) is 4.39 Å². The predicted octanol–water partition coefficient (Wildman–Crippen LogP) is 1.38. The van der Waals surface area contributed by atoms with Gasteiger partial charge < -0.3 is 15.4 Å². The molecule has 3 rings (SSSR count). The smallest absolute Gasteiger partial charge is 0.250 e. The van der Waals surface area contributed by atoms with Gasteiger partial charge in [-0.2, -0.15) is 0 Å². The lowest BCUT2D eigenvalue weighted by atomic mass is 9.96. The normalized spacial score (nSPS) is 23.0. The van der Waals surface area contributed by atoms with E-state index in [2.05, 4.69) is 10.6 Å². The fraction of sp³-hybridized carbons (Fsp3) is 0.533. The minimum absolute atomic E-state index is 0. The number of amides is 1. The average molecular weight is 315 g/mol. The molecule has 1 aliphatic carbocycles. The molecule has 1 aromatic carbocycles. The summed E-state index contributed by atoms with van der Waals surface area (Å²) in [5.41, 5.74) is 0.889. The highest BCUT2D eigenvalue weighted by Gasteiger charge is 2.44. The van der Waals surface area contributed by atoms with Gasteiger partial charge >= 0.3 is 0 Å². The number of benzene rings is 1. The van der Waals surface area contributed by atoms with Gasteiger partial charge in [-0.05, 0) is 30.5 Å². The van der Waals surface area contributed by atoms with Crippen molar-refractivity contribution in [3.05, 3.63) is 35.6 Å². The molecular weight excluding hydrogens is 295 g/mol. The van der Waals surface area contributed by atoms with E-state index in [1.54, 1.807) is 12.1 Å². The Hall–Kier alpha value is -1.17. The molecule has 0 spiro atoms. The molecule has 6 heteroatoms. The van der Waals surface area contributed by atoms with Crippen LogP contribution in [-0.2, 0) is 14.9 Å². The van der Waals surface area contributed by atoms with Gasteiger partial charge in [-0.3, -0.25) is 4.79 Å². The Balaban J connectivity index is 0.00000161. The SMILES string of the molecule is Cl.O=C(NCC1(c2cccc(F)c2)CC1)C1CNCCO1. The first-order valence-corrected chi connectivity index (χ1v) is 7.06. The quantitative estimate of drug-likeness (QED) is 0.883. The number of hydrogen-bond donors (Lipinski definition) is 2. The molecule has 2 N–H and O–H groups in total. The lowest BCUT2D eigenvalue weighted by Gasteiger charge is -2.24. The zero-order chi connectivity index (χ0) is 14.0. The number of morpholine rings is 1. The topological polar surface area (TPSA) is 50.4 Å². The van der Waals surface area contributed by atoms with E-state index in [9.17, 15) is 9.18 Å². The van der Waals surface area contributed by atoms with Crippen molar-refractivity contribution in [2.24, 2.45) is 0 Å². The van der Waals surface area contributed by atoms with Crippen molar-refractivity contribution >= 4 is 18.3 Å². The maximum Gasteiger partial charge on any atom is 0.250 e. The van der Waals surface area contributed by atoms with Crippen molar-refractivity contribution in [3.63, 3.8) is 0 Å². The number of halogens is 2. The lowest BCUT2D eigenvalue weighted by molar-refractivity contribution is -0.134. The summed E-state index contributed by atoms with van der Waals surface area (Å²) < 4.78 is 18.7. The Bertz CT molecular complexity index is 502. The van der Waals surface area contributed by atoms with Gasteiger partial charge in [0.2, 0.25) is 5.91 Å². The number of rotatable bonds is 4. The number of ether oxygens (including phenoxy) is 1. The first-order chi connectivity index (χ1) is 9.70. The molecule has 0 radical (unpaired) electrons. The molecule has 1 aliphatic heterocycles. The summed E-state index contributed by atoms with van der Waals surface area (Å²) in [4.78, 5) is 12.0. The minimum Gasteiger partial charge on any atom is -0.366 e. The van der Waals surface area contributed by atoms with Gasteiger partial charge in [0.25, 0.3) is 0 Å². The van der Waals surface area contributed by atoms with Gasteiger partial charge in [0.05, 0.1) is 6.61 Å². The molecular formula is C15H20ClFN2O2. The standard InChI is InChI=1S/C15H19FN2O2.ClH/c16-12-3-1-2-11(8-12)15(4-5-15)10-18-14(19)13-9-17-6-7-20-13;/h1-3,8,13,17H,4-7,9-10H2,(H,18,19);1H. The van der Waals surface area contributed by atoms with Crippen LogP contribution in [0.2, 0.25) is 0 Å². The molecule has 1 atom stereocenters. The number of hydrogen-bond acceptors (Lipinski definition) is 3. The van der Waals surface area contributed by atoms with Crippen molar-refractivity contribution in [1.29, 1.82) is 0 Å². The highest BCUT2D eigenvalue weighted by molar-refractivity contribution is 5.85. The van der Waals surface area contributed by atoms with Crippen LogP contribution in [0.15, 0.2) is 24.3 Å². The van der Waals surface area contributed by atoms with E-state index in [1.807, 2.05) is 6.07 Å². The van der Waals surface area contributed by atoms with E-state index in [4.69, 9.17) is 4.74 Å². The Morgan fingerprint density at radius 1 is 1.48 bits per heavy atom. The molecule has 0 bridgehead atoms. The van der Waals surface area contributed by atoms with E-state index in [0.717, 1.165) is 24.9 Å². The second-order valence-corrected chi connectivity index (χ2v) is 5.57. The van der Waals surface area contributed by atoms with Crippen LogP contribution in [0.25, 0.3) is 0 Å². The Morgan fingerprint density at radius 3 is 2.90 bits per heavy atom. The highest BCUT2D eigenvalue weighted by atomic mass is 35.5. The monoisotopic (exact) mass is 314 g/mol. The van der Waals surface area contributed by atoms with E-state index in [-0.39, 0.29) is 29.5 Å². The third-order valence-electron chi connectivity index (χ3n) is 4.11. The average Bonchev–Trinajstić information content (AvgIpc) is 3.27. The summed E-state index contributed by atoms with van der Waals surface area (Å²) in [5.74, 6) is -0.306. The molecule has 0 aromatic heterocycles. The minimum atomic E-state index is -0.410. The second kappa shape index (κ2) is 6.73. The van der Waals surface area contributed by atoms with Crippen LogP contribution in [0.3, 0.4) is 0 Å². The van der Waals surface area contributed by atoms with E-state index in [1.165, 1.54) is 6.07 Å². The number of carbonyl (C=O) groups is 1. The molecule has 2 aliphatic rings. The Morgan fingerprint density at radius 2 is 2.29 bits per heavy atom. The van der Waals surface area contributed by atoms with Crippen LogP contribution in [-0.4, -0.2) is 38.3 Å². The lowest BCUT2D eigenvalue weighted by Crippen LogP contribution is -2.49. The zero-order valence-electron chi connectivity index (χ0n) is 11.7. The van der Waals surface area contributed by atoms with Crippen LogP contribution < -0.4 is 10.6 Å². The van der Waals surface area contributed by atoms with Gasteiger partial charge in [0, 0.05) is 25.0 Å². The van der Waals surface area contributed by atoms with E-state index in [0.29, 0.717) is 19.7 Å². The maximum atomic E-state index is 13.3. The van der Waals surface area contributed by atoms with E-state index >= 15 is 0 Å². The van der Waals surface area contributed by atoms with Crippen LogP contribution in [0.1, 0.15) is 18.4 Å². The molecule has 21 heavy (non-hydrogen) atoms. The molecule has 1 unspecified atom stereocenters. The number of nitrogens with one attached hydrogen (secondary N) is 2. The van der Waals surface area contributed by atoms with Crippen molar-refractivity contribution in [2.75, 3.05) is 26.2 Å². The molecule has 116 valence electrons. The first-order valence-electron chi connectivity index (χ1n) is 7.06. The van der Waals surface area contributed by atoms with Crippen LogP contribution in [0.5, 0.6) is 0 Å². The molecule has 1 aromatic rings. The molecule has 1 heterocycles. The predicted molar refractivity (Wildman–Crippen MR) is 80.2 cm³/mol. The van der Waals surface area contributed by atoms with Crippen molar-refractivity contribution in [1.82, 2.24) is 10.6 Å². The Labute approximate surface area is 129 Å². The third kappa shape index (κ3) is 3.73. The van der Waals surface area contributed by atoms with Gasteiger partial charge in [-0.15, -0.1) is 12.4 Å². The summed E-state index contributed by atoms with van der Waals surface area (Å²) in [6, 6.07) is 6.67. The van der Waals surface area contributed by atoms with Crippen molar-refractivity contribution in [3.8, 4) is 0 Å². The summed E-state index contributed by atoms with van der Waals surface area (Å²) in [6.45, 7) is 2.46. The largest absolute Gasteiger partial charge is 0.366 e. The Kier molecular flexibility index (Phi) is 5.19. The molecule has 2 fully saturated rings. The van der Waals surface area contributed by atoms with Gasteiger partial charge in [-0.1, -0.05) is 12.1 Å². The molecule has 4 nitrogen and oxygen atoms in total. The van der Waals surface area contributed by atoms with Crippen molar-refractivity contribution in [2.45, 2.75) is 24.4 Å². The van der Waals surface area contributed by atoms with Gasteiger partial charge in [0.15, 0.2) is 0 Å². The van der Waals surface area contributed by atoms with Crippen LogP contribution in [0, 0.1) is 5.82 Å². The zero-order valence-corrected chi connectivity index (χ0v) is 12.5. The maximum absolute atomic E-state index is 13.3. The van der Waals surface area contributed by atoms with Crippen LogP contribution in [0.4, 0.5) is 4.39 Å². The van der Waals surface area contributed by atoms with Gasteiger partial charge in [0.1, 0.15) is 11.9 Å². The summed E-state index contributed by atoms with van der Waals surface area (Å²) in [5, 5.41) is 6.08. The highest BCUT2D eigenvalue weighted by Crippen LogP contribution is 2.47.